The predicted molar refractivity (Wildman–Crippen MR) is 69.5 cm³/mol. The van der Waals surface area contributed by atoms with E-state index in [0.717, 1.165) is 45.6 Å². The Balaban J connectivity index is 0.00000144. The Hall–Kier alpha value is -0.320. The molecule has 0 spiro atoms. The van der Waals surface area contributed by atoms with Gasteiger partial charge in [-0.05, 0) is 25.7 Å². The summed E-state index contributed by atoms with van der Waals surface area (Å²) in [5.41, 5.74) is 0. The van der Waals surface area contributed by atoms with E-state index in [1.165, 1.54) is 12.8 Å². The van der Waals surface area contributed by atoms with E-state index in [2.05, 4.69) is 5.32 Å². The molecule has 17 heavy (non-hydrogen) atoms. The van der Waals surface area contributed by atoms with Gasteiger partial charge in [-0.2, -0.15) is 0 Å². The lowest BCUT2D eigenvalue weighted by molar-refractivity contribution is -0.132. The highest BCUT2D eigenvalue weighted by molar-refractivity contribution is 5.85. The molecule has 0 saturated carbocycles. The van der Waals surface area contributed by atoms with E-state index in [4.69, 9.17) is 4.74 Å². The summed E-state index contributed by atoms with van der Waals surface area (Å²) in [5.74, 6) is 0.302. The number of nitrogens with zero attached hydrogens (tertiary/aromatic N) is 1. The standard InChI is InChI=1S/C12H22N2O2.ClH/c15-12(14-8-6-13-7-9-14)5-4-11-3-1-2-10-16-11;/h11,13H,1-10H2;1H. The second-order valence-corrected chi connectivity index (χ2v) is 4.66. The molecule has 2 aliphatic heterocycles. The highest BCUT2D eigenvalue weighted by atomic mass is 35.5. The van der Waals surface area contributed by atoms with Gasteiger partial charge in [0.2, 0.25) is 5.91 Å². The van der Waals surface area contributed by atoms with E-state index in [1.54, 1.807) is 0 Å². The maximum Gasteiger partial charge on any atom is 0.222 e. The number of hydrogen-bond donors (Lipinski definition) is 1. The summed E-state index contributed by atoms with van der Waals surface area (Å²) < 4.78 is 5.63. The zero-order valence-electron chi connectivity index (χ0n) is 10.3. The van der Waals surface area contributed by atoms with Crippen LogP contribution in [0.15, 0.2) is 0 Å². The molecule has 0 radical (unpaired) electrons. The van der Waals surface area contributed by atoms with Gasteiger partial charge in [-0.1, -0.05) is 0 Å². The summed E-state index contributed by atoms with van der Waals surface area (Å²) in [6.45, 7) is 4.48. The van der Waals surface area contributed by atoms with Gasteiger partial charge in [-0.25, -0.2) is 0 Å². The SMILES string of the molecule is Cl.O=C(CCC1CCCCO1)N1CCNCC1. The second kappa shape index (κ2) is 7.90. The van der Waals surface area contributed by atoms with Gasteiger partial charge in [-0.3, -0.25) is 4.79 Å². The maximum absolute atomic E-state index is 11.9. The van der Waals surface area contributed by atoms with Gasteiger partial charge in [0.1, 0.15) is 0 Å². The van der Waals surface area contributed by atoms with E-state index >= 15 is 0 Å². The average Bonchev–Trinajstić information content (AvgIpc) is 2.38. The van der Waals surface area contributed by atoms with Crippen molar-refractivity contribution in [3.8, 4) is 0 Å². The van der Waals surface area contributed by atoms with Gasteiger partial charge >= 0.3 is 0 Å². The van der Waals surface area contributed by atoms with Gasteiger partial charge in [0.25, 0.3) is 0 Å². The van der Waals surface area contributed by atoms with Crippen LogP contribution in [-0.2, 0) is 9.53 Å². The molecule has 0 aromatic rings. The van der Waals surface area contributed by atoms with Crippen LogP contribution in [0.5, 0.6) is 0 Å². The fourth-order valence-electron chi connectivity index (χ4n) is 2.39. The summed E-state index contributed by atoms with van der Waals surface area (Å²) >= 11 is 0. The predicted octanol–water partition coefficient (Wildman–Crippen LogP) is 1.19. The summed E-state index contributed by atoms with van der Waals surface area (Å²) in [7, 11) is 0. The molecule has 2 fully saturated rings. The molecule has 0 aromatic heterocycles. The number of nitrogens with one attached hydrogen (secondary N) is 1. The summed E-state index contributed by atoms with van der Waals surface area (Å²) in [6, 6.07) is 0. The Morgan fingerprint density at radius 3 is 2.71 bits per heavy atom. The highest BCUT2D eigenvalue weighted by Gasteiger charge is 2.19. The van der Waals surface area contributed by atoms with E-state index in [9.17, 15) is 4.79 Å². The summed E-state index contributed by atoms with van der Waals surface area (Å²) in [4.78, 5) is 13.9. The lowest BCUT2D eigenvalue weighted by Crippen LogP contribution is -2.46. The molecule has 1 N–H and O–H groups in total. The molecule has 0 bridgehead atoms. The van der Waals surface area contributed by atoms with Crippen LogP contribution in [0.1, 0.15) is 32.1 Å². The third-order valence-corrected chi connectivity index (χ3v) is 3.42. The molecule has 2 heterocycles. The first-order valence-electron chi connectivity index (χ1n) is 6.46. The first-order valence-corrected chi connectivity index (χ1v) is 6.46. The van der Waals surface area contributed by atoms with Crippen molar-refractivity contribution in [3.63, 3.8) is 0 Å². The van der Waals surface area contributed by atoms with Crippen molar-refractivity contribution in [2.24, 2.45) is 0 Å². The monoisotopic (exact) mass is 262 g/mol. The zero-order chi connectivity index (χ0) is 11.2. The molecule has 100 valence electrons. The van der Waals surface area contributed by atoms with Crippen LogP contribution in [0.25, 0.3) is 0 Å². The number of ether oxygens (including phenoxy) is 1. The number of hydrogen-bond acceptors (Lipinski definition) is 3. The minimum atomic E-state index is 0. The minimum Gasteiger partial charge on any atom is -0.378 e. The Labute approximate surface area is 109 Å². The molecule has 0 aromatic carbocycles. The smallest absolute Gasteiger partial charge is 0.222 e. The minimum absolute atomic E-state index is 0. The lowest BCUT2D eigenvalue weighted by Gasteiger charge is -2.28. The molecule has 5 heteroatoms. The van der Waals surface area contributed by atoms with Gasteiger partial charge in [0.15, 0.2) is 0 Å². The van der Waals surface area contributed by atoms with E-state index < -0.39 is 0 Å². The summed E-state index contributed by atoms with van der Waals surface area (Å²) in [6.07, 6.45) is 5.47. The van der Waals surface area contributed by atoms with Crippen LogP contribution < -0.4 is 5.32 Å². The van der Waals surface area contributed by atoms with Crippen LogP contribution in [0, 0.1) is 0 Å². The number of amides is 1. The number of carbonyl (C=O) groups excluding carboxylic acids is 1. The molecule has 4 nitrogen and oxygen atoms in total. The number of piperazine rings is 1. The van der Waals surface area contributed by atoms with E-state index in [0.29, 0.717) is 18.4 Å². The van der Waals surface area contributed by atoms with Crippen molar-refractivity contribution in [2.75, 3.05) is 32.8 Å². The summed E-state index contributed by atoms with van der Waals surface area (Å²) in [5, 5.41) is 3.26. The van der Waals surface area contributed by atoms with Gasteiger partial charge < -0.3 is 15.0 Å². The Morgan fingerprint density at radius 2 is 2.06 bits per heavy atom. The molecule has 1 atom stereocenters. The van der Waals surface area contributed by atoms with E-state index in [-0.39, 0.29) is 12.4 Å². The van der Waals surface area contributed by atoms with Crippen molar-refractivity contribution in [1.82, 2.24) is 10.2 Å². The maximum atomic E-state index is 11.9. The van der Waals surface area contributed by atoms with Crippen molar-refractivity contribution in [3.05, 3.63) is 0 Å². The largest absolute Gasteiger partial charge is 0.378 e. The Kier molecular flexibility index (Phi) is 6.85. The normalized spacial score (nSPS) is 25.2. The molecule has 1 unspecified atom stereocenters. The number of rotatable bonds is 3. The molecule has 2 aliphatic rings. The Morgan fingerprint density at radius 1 is 1.29 bits per heavy atom. The zero-order valence-corrected chi connectivity index (χ0v) is 11.1. The number of halogens is 1. The third kappa shape index (κ3) is 4.82. The molecule has 2 rings (SSSR count). The number of carbonyl (C=O) groups is 1. The van der Waals surface area contributed by atoms with Gasteiger partial charge in [0.05, 0.1) is 6.10 Å². The van der Waals surface area contributed by atoms with Crippen molar-refractivity contribution in [1.29, 1.82) is 0 Å². The van der Waals surface area contributed by atoms with Crippen molar-refractivity contribution >= 4 is 18.3 Å². The fourth-order valence-corrected chi connectivity index (χ4v) is 2.39. The average molecular weight is 263 g/mol. The molecular weight excluding hydrogens is 240 g/mol. The molecule has 0 aliphatic carbocycles. The second-order valence-electron chi connectivity index (χ2n) is 4.66. The van der Waals surface area contributed by atoms with Crippen LogP contribution in [0.3, 0.4) is 0 Å². The topological polar surface area (TPSA) is 41.6 Å². The van der Waals surface area contributed by atoms with Crippen LogP contribution in [0.4, 0.5) is 0 Å². The third-order valence-electron chi connectivity index (χ3n) is 3.42. The quantitative estimate of drug-likeness (QED) is 0.831. The fraction of sp³-hybridized carbons (Fsp3) is 0.917. The highest BCUT2D eigenvalue weighted by Crippen LogP contribution is 2.17. The van der Waals surface area contributed by atoms with Crippen LogP contribution in [-0.4, -0.2) is 49.7 Å². The van der Waals surface area contributed by atoms with Crippen molar-refractivity contribution in [2.45, 2.75) is 38.2 Å². The molecule has 1 amide bonds. The van der Waals surface area contributed by atoms with E-state index in [1.807, 2.05) is 4.90 Å². The van der Waals surface area contributed by atoms with Crippen molar-refractivity contribution < 1.29 is 9.53 Å². The first kappa shape index (κ1) is 14.7. The van der Waals surface area contributed by atoms with Gasteiger partial charge in [-0.15, -0.1) is 12.4 Å². The molecular formula is C12H23ClN2O2. The van der Waals surface area contributed by atoms with Crippen LogP contribution >= 0.6 is 12.4 Å². The van der Waals surface area contributed by atoms with Gasteiger partial charge in [0, 0.05) is 39.2 Å². The molecule has 2 saturated heterocycles. The Bertz CT molecular complexity index is 227. The lowest BCUT2D eigenvalue weighted by atomic mass is 10.0. The first-order chi connectivity index (χ1) is 7.86. The van der Waals surface area contributed by atoms with Crippen LogP contribution in [0.2, 0.25) is 0 Å².